The second kappa shape index (κ2) is 9.53. The standard InChI is InChI=1S/C19H29N5S/c1-6-24(5)13-17-9-7-8-16(10-17)11-21-19(20-4)22-12-18-23-14(2)15(3)25-18/h7-10H,6,11-13H2,1-5H3,(H2,20,21,22). The summed E-state index contributed by atoms with van der Waals surface area (Å²) >= 11 is 1.73. The van der Waals surface area contributed by atoms with Gasteiger partial charge in [-0.3, -0.25) is 4.99 Å². The fraction of sp³-hybridized carbons (Fsp3) is 0.474. The van der Waals surface area contributed by atoms with Gasteiger partial charge in [0.1, 0.15) is 5.01 Å². The molecule has 0 atom stereocenters. The molecule has 0 aliphatic heterocycles. The number of aryl methyl sites for hydroxylation is 2. The second-order valence-corrected chi connectivity index (χ2v) is 7.47. The van der Waals surface area contributed by atoms with Crippen molar-refractivity contribution in [2.45, 2.75) is 40.4 Å². The molecule has 0 aliphatic rings. The molecular formula is C19H29N5S. The summed E-state index contributed by atoms with van der Waals surface area (Å²) in [5.74, 6) is 0.793. The lowest BCUT2D eigenvalue weighted by Crippen LogP contribution is -2.36. The Bertz CT molecular complexity index is 688. The minimum atomic E-state index is 0.695. The number of benzene rings is 1. The van der Waals surface area contributed by atoms with Crippen molar-refractivity contribution in [1.29, 1.82) is 0 Å². The molecule has 1 heterocycles. The zero-order valence-electron chi connectivity index (χ0n) is 15.9. The van der Waals surface area contributed by atoms with E-state index in [9.17, 15) is 0 Å². The van der Waals surface area contributed by atoms with Crippen LogP contribution in [0.2, 0.25) is 0 Å². The largest absolute Gasteiger partial charge is 0.352 e. The molecule has 0 unspecified atom stereocenters. The number of nitrogens with zero attached hydrogens (tertiary/aromatic N) is 3. The minimum absolute atomic E-state index is 0.695. The third kappa shape index (κ3) is 6.14. The molecule has 2 aromatic rings. The highest BCUT2D eigenvalue weighted by Crippen LogP contribution is 2.15. The topological polar surface area (TPSA) is 52.5 Å². The Balaban J connectivity index is 1.87. The molecule has 6 heteroatoms. The van der Waals surface area contributed by atoms with Gasteiger partial charge in [0.25, 0.3) is 0 Å². The summed E-state index contributed by atoms with van der Waals surface area (Å²) in [6, 6.07) is 8.69. The Kier molecular flexibility index (Phi) is 7.40. The van der Waals surface area contributed by atoms with Gasteiger partial charge in [-0.25, -0.2) is 4.98 Å². The Labute approximate surface area is 155 Å². The average molecular weight is 360 g/mol. The number of guanidine groups is 1. The van der Waals surface area contributed by atoms with E-state index in [2.05, 4.69) is 70.7 Å². The highest BCUT2D eigenvalue weighted by atomic mass is 32.1. The van der Waals surface area contributed by atoms with E-state index in [-0.39, 0.29) is 0 Å². The van der Waals surface area contributed by atoms with E-state index in [0.717, 1.165) is 36.3 Å². The average Bonchev–Trinajstić information content (AvgIpc) is 2.93. The van der Waals surface area contributed by atoms with Gasteiger partial charge in [-0.2, -0.15) is 0 Å². The summed E-state index contributed by atoms with van der Waals surface area (Å²) in [7, 11) is 3.93. The minimum Gasteiger partial charge on any atom is -0.352 e. The van der Waals surface area contributed by atoms with Gasteiger partial charge in [0.2, 0.25) is 0 Å². The normalized spacial score (nSPS) is 11.8. The first-order valence-electron chi connectivity index (χ1n) is 8.65. The van der Waals surface area contributed by atoms with Crippen LogP contribution in [-0.2, 0) is 19.6 Å². The van der Waals surface area contributed by atoms with Gasteiger partial charge in [-0.15, -0.1) is 11.3 Å². The van der Waals surface area contributed by atoms with Crippen LogP contribution < -0.4 is 10.6 Å². The van der Waals surface area contributed by atoms with Crippen molar-refractivity contribution in [3.8, 4) is 0 Å². The fourth-order valence-electron chi connectivity index (χ4n) is 2.44. The summed E-state index contributed by atoms with van der Waals surface area (Å²) in [5, 5.41) is 7.79. The van der Waals surface area contributed by atoms with Gasteiger partial charge in [-0.05, 0) is 38.6 Å². The van der Waals surface area contributed by atoms with Gasteiger partial charge in [0.15, 0.2) is 5.96 Å². The van der Waals surface area contributed by atoms with Crippen molar-refractivity contribution < 1.29 is 0 Å². The third-order valence-electron chi connectivity index (χ3n) is 4.15. The third-order valence-corrected chi connectivity index (χ3v) is 5.22. The molecule has 25 heavy (non-hydrogen) atoms. The van der Waals surface area contributed by atoms with Crippen molar-refractivity contribution in [1.82, 2.24) is 20.5 Å². The predicted octanol–water partition coefficient (Wildman–Crippen LogP) is 3.08. The number of aromatic nitrogens is 1. The number of nitrogens with one attached hydrogen (secondary N) is 2. The monoisotopic (exact) mass is 359 g/mol. The zero-order chi connectivity index (χ0) is 18.2. The van der Waals surface area contributed by atoms with Crippen LogP contribution in [0, 0.1) is 13.8 Å². The van der Waals surface area contributed by atoms with Crippen molar-refractivity contribution >= 4 is 17.3 Å². The molecule has 0 aliphatic carbocycles. The van der Waals surface area contributed by atoms with Gasteiger partial charge in [-0.1, -0.05) is 31.2 Å². The fourth-order valence-corrected chi connectivity index (χ4v) is 3.32. The Morgan fingerprint density at radius 1 is 1.20 bits per heavy atom. The van der Waals surface area contributed by atoms with E-state index in [1.807, 2.05) is 6.92 Å². The maximum Gasteiger partial charge on any atom is 0.191 e. The van der Waals surface area contributed by atoms with Crippen LogP contribution in [0.1, 0.15) is 33.6 Å². The highest BCUT2D eigenvalue weighted by molar-refractivity contribution is 7.11. The molecule has 0 saturated heterocycles. The summed E-state index contributed by atoms with van der Waals surface area (Å²) < 4.78 is 0. The smallest absolute Gasteiger partial charge is 0.191 e. The molecule has 2 rings (SSSR count). The van der Waals surface area contributed by atoms with Crippen LogP contribution in [-0.4, -0.2) is 36.5 Å². The molecule has 0 radical (unpaired) electrons. The van der Waals surface area contributed by atoms with Crippen LogP contribution in [0.5, 0.6) is 0 Å². The molecule has 1 aromatic heterocycles. The molecule has 0 amide bonds. The van der Waals surface area contributed by atoms with Gasteiger partial charge < -0.3 is 15.5 Å². The van der Waals surface area contributed by atoms with E-state index in [4.69, 9.17) is 0 Å². The first kappa shape index (κ1) is 19.4. The lowest BCUT2D eigenvalue weighted by Gasteiger charge is -2.15. The molecular weight excluding hydrogens is 330 g/mol. The van der Waals surface area contributed by atoms with E-state index in [1.165, 1.54) is 16.0 Å². The Morgan fingerprint density at radius 3 is 2.56 bits per heavy atom. The molecule has 2 N–H and O–H groups in total. The number of rotatable bonds is 7. The van der Waals surface area contributed by atoms with E-state index >= 15 is 0 Å². The maximum absolute atomic E-state index is 4.55. The molecule has 0 saturated carbocycles. The number of thiazole rings is 1. The van der Waals surface area contributed by atoms with Crippen molar-refractivity contribution in [3.05, 3.63) is 51.0 Å². The highest BCUT2D eigenvalue weighted by Gasteiger charge is 2.05. The van der Waals surface area contributed by atoms with E-state index in [1.54, 1.807) is 18.4 Å². The van der Waals surface area contributed by atoms with Crippen LogP contribution >= 0.6 is 11.3 Å². The molecule has 136 valence electrons. The Morgan fingerprint density at radius 2 is 1.92 bits per heavy atom. The lowest BCUT2D eigenvalue weighted by molar-refractivity contribution is 0.345. The van der Waals surface area contributed by atoms with Gasteiger partial charge >= 0.3 is 0 Å². The number of hydrogen-bond acceptors (Lipinski definition) is 4. The molecule has 5 nitrogen and oxygen atoms in total. The summed E-state index contributed by atoms with van der Waals surface area (Å²) in [4.78, 5) is 12.4. The van der Waals surface area contributed by atoms with Crippen molar-refractivity contribution in [2.24, 2.45) is 4.99 Å². The lowest BCUT2D eigenvalue weighted by atomic mass is 10.1. The van der Waals surface area contributed by atoms with Crippen LogP contribution in [0.4, 0.5) is 0 Å². The first-order chi connectivity index (χ1) is 12.0. The summed E-state index contributed by atoms with van der Waals surface area (Å²) in [6.07, 6.45) is 0. The molecule has 1 aromatic carbocycles. The van der Waals surface area contributed by atoms with Crippen molar-refractivity contribution in [2.75, 3.05) is 20.6 Å². The SMILES string of the molecule is CCN(C)Cc1cccc(CNC(=NC)NCc2nc(C)c(C)s2)c1. The Hall–Kier alpha value is -1.92. The predicted molar refractivity (Wildman–Crippen MR) is 107 cm³/mol. The van der Waals surface area contributed by atoms with E-state index in [0.29, 0.717) is 6.54 Å². The second-order valence-electron chi connectivity index (χ2n) is 6.18. The van der Waals surface area contributed by atoms with Crippen LogP contribution in [0.3, 0.4) is 0 Å². The molecule has 0 bridgehead atoms. The van der Waals surface area contributed by atoms with Gasteiger partial charge in [0.05, 0.1) is 12.2 Å². The summed E-state index contributed by atoms with van der Waals surface area (Å²) in [6.45, 7) is 9.79. The van der Waals surface area contributed by atoms with E-state index < -0.39 is 0 Å². The van der Waals surface area contributed by atoms with Gasteiger partial charge in [0, 0.05) is 25.0 Å². The van der Waals surface area contributed by atoms with Crippen LogP contribution in [0.25, 0.3) is 0 Å². The number of hydrogen-bond donors (Lipinski definition) is 2. The number of aliphatic imine (C=N–C) groups is 1. The van der Waals surface area contributed by atoms with Crippen molar-refractivity contribution in [3.63, 3.8) is 0 Å². The quantitative estimate of drug-likeness (QED) is 0.589. The zero-order valence-corrected chi connectivity index (χ0v) is 16.7. The summed E-state index contributed by atoms with van der Waals surface area (Å²) in [5.41, 5.74) is 3.70. The maximum atomic E-state index is 4.55. The van der Waals surface area contributed by atoms with Crippen LogP contribution in [0.15, 0.2) is 29.3 Å². The molecule has 0 fully saturated rings. The molecule has 0 spiro atoms. The first-order valence-corrected chi connectivity index (χ1v) is 9.47.